The summed E-state index contributed by atoms with van der Waals surface area (Å²) in [6, 6.07) is 0. The topological polar surface area (TPSA) is 52.0 Å². The molecule has 1 rings (SSSR count). The highest BCUT2D eigenvalue weighted by atomic mass is 35.5. The molecule has 0 aromatic heterocycles. The second-order valence-corrected chi connectivity index (χ2v) is 4.11. The highest BCUT2D eigenvalue weighted by molar-refractivity contribution is 6.50. The Morgan fingerprint density at radius 2 is 2.09 bits per heavy atom. The lowest BCUT2D eigenvalue weighted by molar-refractivity contribution is 0.736. The van der Waals surface area contributed by atoms with E-state index in [1.807, 2.05) is 6.08 Å². The van der Waals surface area contributed by atoms with Gasteiger partial charge in [0, 0.05) is 6.42 Å². The molecule has 0 saturated carbocycles. The molecule has 0 saturated heterocycles. The molecule has 62 valence electrons. The molecule has 0 aromatic rings. The third-order valence-electron chi connectivity index (χ3n) is 1.52. The van der Waals surface area contributed by atoms with Gasteiger partial charge < -0.3 is 11.5 Å². The van der Waals surface area contributed by atoms with Crippen LogP contribution in [0.4, 0.5) is 0 Å². The smallest absolute Gasteiger partial charge is 0.140 e. The number of halogens is 2. The van der Waals surface area contributed by atoms with Crippen LogP contribution >= 0.6 is 23.2 Å². The minimum Gasteiger partial charge on any atom is -0.313 e. The minimum absolute atomic E-state index is 0.461. The fourth-order valence-electron chi connectivity index (χ4n) is 0.931. The predicted octanol–water partition coefficient (Wildman–Crippen LogP) is 1.29. The molecular formula is C7H10Cl2N2. The van der Waals surface area contributed by atoms with E-state index in [1.54, 1.807) is 12.2 Å². The third kappa shape index (κ3) is 2.49. The van der Waals surface area contributed by atoms with Crippen LogP contribution in [0.1, 0.15) is 6.42 Å². The number of rotatable bonds is 1. The summed E-state index contributed by atoms with van der Waals surface area (Å²) in [5.41, 5.74) is 11.8. The van der Waals surface area contributed by atoms with E-state index in [9.17, 15) is 0 Å². The van der Waals surface area contributed by atoms with E-state index in [1.165, 1.54) is 0 Å². The van der Waals surface area contributed by atoms with Gasteiger partial charge in [0.15, 0.2) is 0 Å². The molecule has 0 bridgehead atoms. The van der Waals surface area contributed by atoms with Crippen molar-refractivity contribution in [3.05, 3.63) is 23.8 Å². The largest absolute Gasteiger partial charge is 0.313 e. The van der Waals surface area contributed by atoms with Crippen LogP contribution in [0.3, 0.4) is 0 Å². The Hall–Kier alpha value is -0.0200. The van der Waals surface area contributed by atoms with Gasteiger partial charge in [0.05, 0.1) is 6.17 Å². The summed E-state index contributed by atoms with van der Waals surface area (Å²) in [4.78, 5) is 0. The van der Waals surface area contributed by atoms with E-state index >= 15 is 0 Å². The van der Waals surface area contributed by atoms with Gasteiger partial charge in [-0.05, 0) is 11.6 Å². The SMILES string of the molecule is NC(N)C1=CC=CC(Cl)(Cl)C1. The maximum Gasteiger partial charge on any atom is 0.140 e. The van der Waals surface area contributed by atoms with E-state index in [2.05, 4.69) is 0 Å². The highest BCUT2D eigenvalue weighted by Gasteiger charge is 2.25. The third-order valence-corrected chi connectivity index (χ3v) is 2.04. The molecule has 0 heterocycles. The van der Waals surface area contributed by atoms with Gasteiger partial charge in [-0.3, -0.25) is 0 Å². The van der Waals surface area contributed by atoms with Crippen LogP contribution in [0.15, 0.2) is 23.8 Å². The molecule has 11 heavy (non-hydrogen) atoms. The molecule has 0 amide bonds. The van der Waals surface area contributed by atoms with Crippen LogP contribution in [-0.2, 0) is 0 Å². The summed E-state index contributed by atoms with van der Waals surface area (Å²) in [7, 11) is 0. The fourth-order valence-corrected chi connectivity index (χ4v) is 1.39. The number of hydrogen-bond donors (Lipinski definition) is 2. The molecule has 0 radical (unpaired) electrons. The zero-order valence-electron chi connectivity index (χ0n) is 5.93. The summed E-state index contributed by atoms with van der Waals surface area (Å²) in [5.74, 6) is 0. The second-order valence-electron chi connectivity index (χ2n) is 2.56. The van der Waals surface area contributed by atoms with Gasteiger partial charge in [-0.25, -0.2) is 0 Å². The first-order chi connectivity index (χ1) is 5.01. The molecule has 1 aliphatic carbocycles. The summed E-state index contributed by atoms with van der Waals surface area (Å²) >= 11 is 11.7. The molecule has 4 heteroatoms. The van der Waals surface area contributed by atoms with Crippen molar-refractivity contribution in [1.82, 2.24) is 0 Å². The molecule has 1 aliphatic rings. The first-order valence-corrected chi connectivity index (χ1v) is 4.04. The standard InChI is InChI=1S/C7H10Cl2N2/c8-7(9)3-1-2-5(4-7)6(10)11/h1-3,6H,4,10-11H2. The Bertz CT molecular complexity index is 206. The first-order valence-electron chi connectivity index (χ1n) is 3.28. The quantitative estimate of drug-likeness (QED) is 0.487. The molecule has 0 atom stereocenters. The van der Waals surface area contributed by atoms with Gasteiger partial charge in [0.25, 0.3) is 0 Å². The van der Waals surface area contributed by atoms with Crippen LogP contribution in [0.2, 0.25) is 0 Å². The van der Waals surface area contributed by atoms with Gasteiger partial charge in [-0.1, -0.05) is 35.4 Å². The molecule has 0 spiro atoms. The Labute approximate surface area is 75.8 Å². The highest BCUT2D eigenvalue weighted by Crippen LogP contribution is 2.33. The average molecular weight is 193 g/mol. The minimum atomic E-state index is -0.832. The van der Waals surface area contributed by atoms with Crippen LogP contribution in [-0.4, -0.2) is 10.5 Å². The summed E-state index contributed by atoms with van der Waals surface area (Å²) in [6.07, 6.45) is 5.36. The van der Waals surface area contributed by atoms with Crippen molar-refractivity contribution in [2.75, 3.05) is 0 Å². The first kappa shape index (κ1) is 9.07. The van der Waals surface area contributed by atoms with Gasteiger partial charge in [0.2, 0.25) is 0 Å². The second kappa shape index (κ2) is 3.15. The van der Waals surface area contributed by atoms with Crippen molar-refractivity contribution in [2.45, 2.75) is 16.9 Å². The Morgan fingerprint density at radius 1 is 1.45 bits per heavy atom. The number of alkyl halides is 2. The maximum atomic E-state index is 5.84. The van der Waals surface area contributed by atoms with Crippen LogP contribution in [0, 0.1) is 0 Å². The van der Waals surface area contributed by atoms with Crippen LogP contribution in [0.5, 0.6) is 0 Å². The number of allylic oxidation sites excluding steroid dienone is 3. The molecule has 0 aliphatic heterocycles. The molecule has 2 nitrogen and oxygen atoms in total. The van der Waals surface area contributed by atoms with Gasteiger partial charge in [-0.2, -0.15) is 0 Å². The lowest BCUT2D eigenvalue weighted by Gasteiger charge is -2.22. The van der Waals surface area contributed by atoms with E-state index in [0.717, 1.165) is 5.57 Å². The van der Waals surface area contributed by atoms with E-state index in [4.69, 9.17) is 34.7 Å². The summed E-state index contributed by atoms with van der Waals surface area (Å²) in [5, 5.41) is 0. The summed E-state index contributed by atoms with van der Waals surface area (Å²) in [6.45, 7) is 0. The number of hydrogen-bond acceptors (Lipinski definition) is 2. The van der Waals surface area contributed by atoms with Gasteiger partial charge in [-0.15, -0.1) is 0 Å². The number of nitrogens with two attached hydrogens (primary N) is 2. The van der Waals surface area contributed by atoms with Crippen molar-refractivity contribution < 1.29 is 0 Å². The normalized spacial score (nSPS) is 22.1. The van der Waals surface area contributed by atoms with E-state index < -0.39 is 10.5 Å². The average Bonchev–Trinajstić information content (AvgIpc) is 1.85. The zero-order valence-corrected chi connectivity index (χ0v) is 7.44. The molecular weight excluding hydrogens is 183 g/mol. The molecule has 0 aromatic carbocycles. The van der Waals surface area contributed by atoms with Crippen molar-refractivity contribution in [3.63, 3.8) is 0 Å². The Kier molecular flexibility index (Phi) is 2.60. The van der Waals surface area contributed by atoms with Crippen molar-refractivity contribution in [3.8, 4) is 0 Å². The van der Waals surface area contributed by atoms with Crippen molar-refractivity contribution >= 4 is 23.2 Å². The lowest BCUT2D eigenvalue weighted by atomic mass is 10.0. The van der Waals surface area contributed by atoms with Crippen LogP contribution in [0.25, 0.3) is 0 Å². The van der Waals surface area contributed by atoms with E-state index in [-0.39, 0.29) is 0 Å². The lowest BCUT2D eigenvalue weighted by Crippen LogP contribution is -2.35. The monoisotopic (exact) mass is 192 g/mol. The van der Waals surface area contributed by atoms with Gasteiger partial charge in [0.1, 0.15) is 4.33 Å². The zero-order chi connectivity index (χ0) is 8.48. The van der Waals surface area contributed by atoms with Crippen LogP contribution < -0.4 is 11.5 Å². The maximum absolute atomic E-state index is 5.84. The molecule has 0 fully saturated rings. The molecule has 4 N–H and O–H groups in total. The predicted molar refractivity (Wildman–Crippen MR) is 48.4 cm³/mol. The summed E-state index contributed by atoms with van der Waals surface area (Å²) < 4.78 is -0.832. The van der Waals surface area contributed by atoms with Crippen molar-refractivity contribution in [1.29, 1.82) is 0 Å². The van der Waals surface area contributed by atoms with Gasteiger partial charge >= 0.3 is 0 Å². The van der Waals surface area contributed by atoms with E-state index in [0.29, 0.717) is 6.42 Å². The molecule has 0 unspecified atom stereocenters. The Balaban J connectivity index is 2.73. The Morgan fingerprint density at radius 3 is 2.45 bits per heavy atom. The fraction of sp³-hybridized carbons (Fsp3) is 0.429. The van der Waals surface area contributed by atoms with Crippen molar-refractivity contribution in [2.24, 2.45) is 11.5 Å².